The van der Waals surface area contributed by atoms with Crippen molar-refractivity contribution < 1.29 is 0 Å². The topological polar surface area (TPSA) is 38.4 Å². The molecule has 0 unspecified atom stereocenters. The normalized spacial score (nSPS) is 11.8. The molecule has 0 aromatic heterocycles. The first-order valence-electron chi connectivity index (χ1n) is 5.00. The van der Waals surface area contributed by atoms with E-state index in [9.17, 15) is 0 Å². The summed E-state index contributed by atoms with van der Waals surface area (Å²) in [5.74, 6) is 0.760. The number of hydrogen-bond donors (Lipinski definition) is 1. The third-order valence-electron chi connectivity index (χ3n) is 1.86. The highest BCUT2D eigenvalue weighted by atomic mass is 35.5. The Kier molecular flexibility index (Phi) is 6.03. The van der Waals surface area contributed by atoms with Crippen molar-refractivity contribution in [3.05, 3.63) is 33.8 Å². The van der Waals surface area contributed by atoms with Crippen molar-refractivity contribution in [2.45, 2.75) is 19.1 Å². The van der Waals surface area contributed by atoms with Crippen molar-refractivity contribution >= 4 is 40.1 Å². The average molecular weight is 277 g/mol. The van der Waals surface area contributed by atoms with E-state index in [2.05, 4.69) is 11.9 Å². The molecule has 88 valence electrons. The zero-order valence-electron chi connectivity index (χ0n) is 9.04. The molecule has 0 saturated heterocycles. The van der Waals surface area contributed by atoms with Crippen LogP contribution in [-0.4, -0.2) is 11.7 Å². The SMILES string of the molecule is CCCN=C(N)SCc1ccc(Cl)c(Cl)c1. The predicted octanol–water partition coefficient (Wildman–Crippen LogP) is 3.95. The molecular weight excluding hydrogens is 263 g/mol. The van der Waals surface area contributed by atoms with Crippen molar-refractivity contribution in [2.24, 2.45) is 10.7 Å². The molecular formula is C11H14Cl2N2S. The summed E-state index contributed by atoms with van der Waals surface area (Å²) < 4.78 is 0. The van der Waals surface area contributed by atoms with Gasteiger partial charge in [0.25, 0.3) is 0 Å². The average Bonchev–Trinajstić information content (AvgIpc) is 2.28. The lowest BCUT2D eigenvalue weighted by Gasteiger charge is -2.03. The Labute approximate surface area is 110 Å². The standard InChI is InChI=1S/C11H14Cl2N2S/c1-2-5-15-11(14)16-7-8-3-4-9(12)10(13)6-8/h3-4,6H,2,5,7H2,1H3,(H2,14,15). The molecule has 0 atom stereocenters. The number of hydrogen-bond acceptors (Lipinski definition) is 2. The summed E-state index contributed by atoms with van der Waals surface area (Å²) in [6, 6.07) is 5.58. The Morgan fingerprint density at radius 1 is 1.38 bits per heavy atom. The Morgan fingerprint density at radius 3 is 2.75 bits per heavy atom. The van der Waals surface area contributed by atoms with E-state index < -0.39 is 0 Å². The minimum atomic E-state index is 0.572. The first-order chi connectivity index (χ1) is 7.63. The van der Waals surface area contributed by atoms with E-state index in [1.54, 1.807) is 6.07 Å². The van der Waals surface area contributed by atoms with Crippen LogP contribution in [0, 0.1) is 0 Å². The summed E-state index contributed by atoms with van der Waals surface area (Å²) >= 11 is 13.2. The molecule has 1 aromatic carbocycles. The van der Waals surface area contributed by atoms with Gasteiger partial charge < -0.3 is 5.73 Å². The fourth-order valence-corrected chi connectivity index (χ4v) is 2.05. The Bertz CT molecular complexity index is 380. The monoisotopic (exact) mass is 276 g/mol. The van der Waals surface area contributed by atoms with Gasteiger partial charge in [-0.25, -0.2) is 0 Å². The smallest absolute Gasteiger partial charge is 0.154 e. The molecule has 1 aromatic rings. The number of benzene rings is 1. The van der Waals surface area contributed by atoms with Gasteiger partial charge >= 0.3 is 0 Å². The van der Waals surface area contributed by atoms with Crippen LogP contribution in [-0.2, 0) is 5.75 Å². The zero-order valence-corrected chi connectivity index (χ0v) is 11.4. The lowest BCUT2D eigenvalue weighted by Crippen LogP contribution is -2.07. The van der Waals surface area contributed by atoms with E-state index in [0.717, 1.165) is 24.3 Å². The first kappa shape index (κ1) is 13.7. The number of thioether (sulfide) groups is 1. The molecule has 2 nitrogen and oxygen atoms in total. The van der Waals surface area contributed by atoms with E-state index in [1.165, 1.54) is 11.8 Å². The molecule has 2 N–H and O–H groups in total. The Morgan fingerprint density at radius 2 is 2.12 bits per heavy atom. The Balaban J connectivity index is 2.51. The maximum absolute atomic E-state index is 5.91. The van der Waals surface area contributed by atoms with E-state index >= 15 is 0 Å². The van der Waals surface area contributed by atoms with Crippen LogP contribution < -0.4 is 5.73 Å². The van der Waals surface area contributed by atoms with Crippen LogP contribution >= 0.6 is 35.0 Å². The molecule has 0 bridgehead atoms. The highest BCUT2D eigenvalue weighted by molar-refractivity contribution is 8.13. The van der Waals surface area contributed by atoms with Gasteiger partial charge in [0.15, 0.2) is 5.17 Å². The number of rotatable bonds is 4. The second kappa shape index (κ2) is 7.05. The van der Waals surface area contributed by atoms with Gasteiger partial charge in [0.1, 0.15) is 0 Å². The number of halogens is 2. The van der Waals surface area contributed by atoms with Gasteiger partial charge in [0.2, 0.25) is 0 Å². The van der Waals surface area contributed by atoms with Crippen LogP contribution in [0.2, 0.25) is 10.0 Å². The van der Waals surface area contributed by atoms with Gasteiger partial charge in [-0.2, -0.15) is 0 Å². The lowest BCUT2D eigenvalue weighted by atomic mass is 10.2. The van der Waals surface area contributed by atoms with Gasteiger partial charge in [-0.15, -0.1) is 0 Å². The number of nitrogens with two attached hydrogens (primary N) is 1. The summed E-state index contributed by atoms with van der Waals surface area (Å²) in [4.78, 5) is 4.20. The molecule has 0 heterocycles. The van der Waals surface area contributed by atoms with Crippen LogP contribution in [0.5, 0.6) is 0 Å². The zero-order chi connectivity index (χ0) is 12.0. The second-order valence-electron chi connectivity index (χ2n) is 3.26. The first-order valence-corrected chi connectivity index (χ1v) is 6.74. The summed E-state index contributed by atoms with van der Waals surface area (Å²) in [6.07, 6.45) is 1.01. The predicted molar refractivity (Wildman–Crippen MR) is 74.5 cm³/mol. The van der Waals surface area contributed by atoms with Crippen LogP contribution in [0.25, 0.3) is 0 Å². The number of aliphatic imine (C=N–C) groups is 1. The van der Waals surface area contributed by atoms with Crippen molar-refractivity contribution in [3.8, 4) is 0 Å². The van der Waals surface area contributed by atoms with Gasteiger partial charge in [-0.3, -0.25) is 4.99 Å². The van der Waals surface area contributed by atoms with Crippen molar-refractivity contribution in [3.63, 3.8) is 0 Å². The van der Waals surface area contributed by atoms with Crippen LogP contribution in [0.3, 0.4) is 0 Å². The quantitative estimate of drug-likeness (QED) is 0.668. The van der Waals surface area contributed by atoms with Gasteiger partial charge in [0.05, 0.1) is 10.0 Å². The fourth-order valence-electron chi connectivity index (χ4n) is 1.05. The second-order valence-corrected chi connectivity index (χ2v) is 5.07. The third-order valence-corrected chi connectivity index (χ3v) is 3.50. The van der Waals surface area contributed by atoms with Crippen LogP contribution in [0.15, 0.2) is 23.2 Å². The molecule has 1 rings (SSSR count). The molecule has 0 radical (unpaired) electrons. The van der Waals surface area contributed by atoms with E-state index in [-0.39, 0.29) is 0 Å². The molecule has 0 spiro atoms. The number of nitrogens with zero attached hydrogens (tertiary/aromatic N) is 1. The minimum Gasteiger partial charge on any atom is -0.379 e. The van der Waals surface area contributed by atoms with Gasteiger partial charge in [-0.05, 0) is 24.1 Å². The van der Waals surface area contributed by atoms with Gasteiger partial charge in [-0.1, -0.05) is 48.0 Å². The highest BCUT2D eigenvalue weighted by Gasteiger charge is 2.01. The van der Waals surface area contributed by atoms with Crippen LogP contribution in [0.1, 0.15) is 18.9 Å². The highest BCUT2D eigenvalue weighted by Crippen LogP contribution is 2.24. The molecule has 0 saturated carbocycles. The van der Waals surface area contributed by atoms with Crippen molar-refractivity contribution in [1.29, 1.82) is 0 Å². The maximum atomic E-state index is 5.91. The maximum Gasteiger partial charge on any atom is 0.154 e. The lowest BCUT2D eigenvalue weighted by molar-refractivity contribution is 0.934. The third kappa shape index (κ3) is 4.64. The molecule has 0 amide bonds. The summed E-state index contributed by atoms with van der Waals surface area (Å²) in [5.41, 5.74) is 6.82. The van der Waals surface area contributed by atoms with Crippen molar-refractivity contribution in [2.75, 3.05) is 6.54 Å². The molecule has 16 heavy (non-hydrogen) atoms. The summed E-state index contributed by atoms with van der Waals surface area (Å²) in [6.45, 7) is 2.85. The fraction of sp³-hybridized carbons (Fsp3) is 0.364. The number of amidine groups is 1. The van der Waals surface area contributed by atoms with Crippen LogP contribution in [0.4, 0.5) is 0 Å². The molecule has 0 aliphatic heterocycles. The van der Waals surface area contributed by atoms with Crippen molar-refractivity contribution in [1.82, 2.24) is 0 Å². The van der Waals surface area contributed by atoms with E-state index in [0.29, 0.717) is 15.2 Å². The molecule has 0 aliphatic rings. The summed E-state index contributed by atoms with van der Waals surface area (Å²) in [5, 5.41) is 1.76. The van der Waals surface area contributed by atoms with E-state index in [4.69, 9.17) is 28.9 Å². The molecule has 0 aliphatic carbocycles. The molecule has 5 heteroatoms. The Hall–Kier alpha value is -0.380. The summed E-state index contributed by atoms with van der Waals surface area (Å²) in [7, 11) is 0. The largest absolute Gasteiger partial charge is 0.379 e. The molecule has 0 fully saturated rings. The van der Waals surface area contributed by atoms with E-state index in [1.807, 2.05) is 12.1 Å². The minimum absolute atomic E-state index is 0.572. The van der Waals surface area contributed by atoms with Gasteiger partial charge in [0, 0.05) is 12.3 Å².